The molecular weight excluding hydrogens is 332 g/mol. The van der Waals surface area contributed by atoms with E-state index in [1.165, 1.54) is 24.1 Å². The molecule has 0 radical (unpaired) electrons. The van der Waals surface area contributed by atoms with Gasteiger partial charge in [0.05, 0.1) is 6.61 Å². The SMILES string of the molecule is CCOC(=O)CNC(=O)C1CCN(c2nc(C)nc3c2CCCC3)CC1. The highest BCUT2D eigenvalue weighted by molar-refractivity contribution is 5.83. The van der Waals surface area contributed by atoms with Gasteiger partial charge in [0.25, 0.3) is 0 Å². The summed E-state index contributed by atoms with van der Waals surface area (Å²) >= 11 is 0. The van der Waals surface area contributed by atoms with E-state index < -0.39 is 0 Å². The van der Waals surface area contributed by atoms with Crippen LogP contribution in [-0.2, 0) is 27.2 Å². The molecule has 26 heavy (non-hydrogen) atoms. The van der Waals surface area contributed by atoms with Gasteiger partial charge in [-0.15, -0.1) is 0 Å². The molecule has 1 aromatic rings. The fraction of sp³-hybridized carbons (Fsp3) is 0.684. The molecule has 0 spiro atoms. The Morgan fingerprint density at radius 2 is 1.92 bits per heavy atom. The zero-order chi connectivity index (χ0) is 18.5. The summed E-state index contributed by atoms with van der Waals surface area (Å²) in [5.41, 5.74) is 2.50. The Balaban J connectivity index is 1.58. The molecule has 7 heteroatoms. The fourth-order valence-electron chi connectivity index (χ4n) is 3.83. The molecule has 3 rings (SSSR count). The maximum atomic E-state index is 12.3. The fourth-order valence-corrected chi connectivity index (χ4v) is 3.83. The Morgan fingerprint density at radius 3 is 2.65 bits per heavy atom. The topological polar surface area (TPSA) is 84.4 Å². The smallest absolute Gasteiger partial charge is 0.325 e. The molecule has 1 aliphatic heterocycles. The molecule has 1 aliphatic carbocycles. The lowest BCUT2D eigenvalue weighted by atomic mass is 9.93. The van der Waals surface area contributed by atoms with Crippen LogP contribution in [-0.4, -0.2) is 48.1 Å². The first kappa shape index (κ1) is 18.6. The van der Waals surface area contributed by atoms with Crippen LogP contribution in [0.25, 0.3) is 0 Å². The lowest BCUT2D eigenvalue weighted by Crippen LogP contribution is -2.42. The van der Waals surface area contributed by atoms with Crippen LogP contribution in [0.1, 0.15) is 49.7 Å². The Bertz CT molecular complexity index is 669. The van der Waals surface area contributed by atoms with Crippen molar-refractivity contribution in [1.82, 2.24) is 15.3 Å². The molecule has 1 saturated heterocycles. The maximum Gasteiger partial charge on any atom is 0.325 e. The molecule has 0 unspecified atom stereocenters. The van der Waals surface area contributed by atoms with Gasteiger partial charge < -0.3 is 15.0 Å². The normalized spacial score (nSPS) is 17.5. The number of ether oxygens (including phenoxy) is 1. The van der Waals surface area contributed by atoms with Crippen LogP contribution in [0, 0.1) is 12.8 Å². The molecule has 1 amide bonds. The first-order chi connectivity index (χ1) is 12.6. The van der Waals surface area contributed by atoms with Crippen LogP contribution in [0.5, 0.6) is 0 Å². The highest BCUT2D eigenvalue weighted by atomic mass is 16.5. The van der Waals surface area contributed by atoms with E-state index in [4.69, 9.17) is 9.72 Å². The van der Waals surface area contributed by atoms with Crippen LogP contribution in [0.4, 0.5) is 5.82 Å². The number of hydrogen-bond acceptors (Lipinski definition) is 6. The van der Waals surface area contributed by atoms with E-state index in [0.717, 1.165) is 50.4 Å². The number of nitrogens with one attached hydrogen (secondary N) is 1. The van der Waals surface area contributed by atoms with Gasteiger partial charge in [0.15, 0.2) is 0 Å². The van der Waals surface area contributed by atoms with Crippen LogP contribution < -0.4 is 10.2 Å². The van der Waals surface area contributed by atoms with E-state index >= 15 is 0 Å². The van der Waals surface area contributed by atoms with Crippen molar-refractivity contribution < 1.29 is 14.3 Å². The number of nitrogens with zero attached hydrogens (tertiary/aromatic N) is 3. The number of rotatable bonds is 5. The quantitative estimate of drug-likeness (QED) is 0.802. The van der Waals surface area contributed by atoms with Crippen molar-refractivity contribution >= 4 is 17.7 Å². The van der Waals surface area contributed by atoms with Crippen molar-refractivity contribution in [2.75, 3.05) is 31.1 Å². The van der Waals surface area contributed by atoms with Gasteiger partial charge in [-0.2, -0.15) is 0 Å². The third-order valence-electron chi connectivity index (χ3n) is 5.15. The first-order valence-electron chi connectivity index (χ1n) is 9.63. The predicted octanol–water partition coefficient (Wildman–Crippen LogP) is 1.56. The molecule has 0 saturated carbocycles. The monoisotopic (exact) mass is 360 g/mol. The third-order valence-corrected chi connectivity index (χ3v) is 5.15. The van der Waals surface area contributed by atoms with Gasteiger partial charge in [0.1, 0.15) is 18.2 Å². The molecule has 1 fully saturated rings. The number of carbonyl (C=O) groups is 2. The highest BCUT2D eigenvalue weighted by Gasteiger charge is 2.28. The van der Waals surface area contributed by atoms with Gasteiger partial charge in [0.2, 0.25) is 5.91 Å². The minimum absolute atomic E-state index is 0.0501. The second-order valence-electron chi connectivity index (χ2n) is 7.01. The molecule has 2 heterocycles. The standard InChI is InChI=1S/C19H28N4O3/c1-3-26-17(24)12-20-19(25)14-8-10-23(11-9-14)18-15-6-4-5-7-16(15)21-13(2)22-18/h14H,3-12H2,1-2H3,(H,20,25). The van der Waals surface area contributed by atoms with Gasteiger partial charge in [-0.05, 0) is 52.4 Å². The third kappa shape index (κ3) is 4.31. The predicted molar refractivity (Wildman–Crippen MR) is 98.0 cm³/mol. The van der Waals surface area contributed by atoms with E-state index in [2.05, 4.69) is 15.2 Å². The lowest BCUT2D eigenvalue weighted by Gasteiger charge is -2.34. The zero-order valence-corrected chi connectivity index (χ0v) is 15.7. The van der Waals surface area contributed by atoms with E-state index in [9.17, 15) is 9.59 Å². The Hall–Kier alpha value is -2.18. The largest absolute Gasteiger partial charge is 0.465 e. The lowest BCUT2D eigenvalue weighted by molar-refractivity contribution is -0.143. The average Bonchev–Trinajstić information content (AvgIpc) is 2.66. The summed E-state index contributed by atoms with van der Waals surface area (Å²) in [7, 11) is 0. The molecule has 7 nitrogen and oxygen atoms in total. The summed E-state index contributed by atoms with van der Waals surface area (Å²) in [5.74, 6) is 1.40. The number of hydrogen-bond donors (Lipinski definition) is 1. The van der Waals surface area contributed by atoms with Gasteiger partial charge in [-0.25, -0.2) is 9.97 Å². The summed E-state index contributed by atoms with van der Waals surface area (Å²) in [5, 5.41) is 2.69. The molecule has 1 aromatic heterocycles. The number of esters is 1. The van der Waals surface area contributed by atoms with Gasteiger partial charge in [-0.3, -0.25) is 9.59 Å². The van der Waals surface area contributed by atoms with Crippen molar-refractivity contribution in [2.45, 2.75) is 52.4 Å². The van der Waals surface area contributed by atoms with Crippen LogP contribution >= 0.6 is 0 Å². The van der Waals surface area contributed by atoms with Gasteiger partial charge in [-0.1, -0.05) is 0 Å². The second-order valence-corrected chi connectivity index (χ2v) is 7.01. The summed E-state index contributed by atoms with van der Waals surface area (Å²) in [4.78, 5) is 35.3. The van der Waals surface area contributed by atoms with E-state index in [0.29, 0.717) is 6.61 Å². The van der Waals surface area contributed by atoms with Crippen molar-refractivity contribution in [3.8, 4) is 0 Å². The number of anilines is 1. The van der Waals surface area contributed by atoms with Crippen LogP contribution in [0.15, 0.2) is 0 Å². The first-order valence-corrected chi connectivity index (χ1v) is 9.63. The minimum Gasteiger partial charge on any atom is -0.465 e. The van der Waals surface area contributed by atoms with Crippen molar-refractivity contribution in [1.29, 1.82) is 0 Å². The number of carbonyl (C=O) groups excluding carboxylic acids is 2. The molecule has 1 N–H and O–H groups in total. The molecule has 142 valence electrons. The van der Waals surface area contributed by atoms with Gasteiger partial charge >= 0.3 is 5.97 Å². The Morgan fingerprint density at radius 1 is 1.19 bits per heavy atom. The number of fused-ring (bicyclic) bond motifs is 1. The van der Waals surface area contributed by atoms with E-state index in [1.54, 1.807) is 6.92 Å². The van der Waals surface area contributed by atoms with E-state index in [1.807, 2.05) is 6.92 Å². The zero-order valence-electron chi connectivity index (χ0n) is 15.7. The summed E-state index contributed by atoms with van der Waals surface area (Å²) in [6.07, 6.45) is 6.02. The van der Waals surface area contributed by atoms with Crippen molar-refractivity contribution in [2.24, 2.45) is 5.92 Å². The molecule has 0 bridgehead atoms. The molecule has 0 aromatic carbocycles. The van der Waals surface area contributed by atoms with Crippen molar-refractivity contribution in [3.05, 3.63) is 17.1 Å². The minimum atomic E-state index is -0.388. The molecular formula is C19H28N4O3. The van der Waals surface area contributed by atoms with Crippen LogP contribution in [0.3, 0.4) is 0 Å². The number of aryl methyl sites for hydroxylation is 2. The Labute approximate surface area is 154 Å². The average molecular weight is 360 g/mol. The summed E-state index contributed by atoms with van der Waals surface area (Å²) in [6, 6.07) is 0. The summed E-state index contributed by atoms with van der Waals surface area (Å²) < 4.78 is 4.84. The number of piperidine rings is 1. The number of amides is 1. The van der Waals surface area contributed by atoms with E-state index in [-0.39, 0.29) is 24.3 Å². The summed E-state index contributed by atoms with van der Waals surface area (Å²) in [6.45, 7) is 5.60. The molecule has 2 aliphatic rings. The second kappa shape index (κ2) is 8.47. The van der Waals surface area contributed by atoms with Crippen molar-refractivity contribution in [3.63, 3.8) is 0 Å². The number of aromatic nitrogens is 2. The Kier molecular flexibility index (Phi) is 6.06. The van der Waals surface area contributed by atoms with Gasteiger partial charge in [0, 0.05) is 30.3 Å². The molecule has 0 atom stereocenters. The van der Waals surface area contributed by atoms with Crippen LogP contribution in [0.2, 0.25) is 0 Å². The maximum absolute atomic E-state index is 12.3. The highest BCUT2D eigenvalue weighted by Crippen LogP contribution is 2.30.